The molecule has 1 aromatic heterocycles. The summed E-state index contributed by atoms with van der Waals surface area (Å²) in [5.41, 5.74) is 0.744. The van der Waals surface area contributed by atoms with Gasteiger partial charge in [-0.1, -0.05) is 24.3 Å². The molecule has 8 heteroatoms. The molecule has 156 valence electrons. The number of benzene rings is 2. The fraction of sp³-hybridized carbons (Fsp3) is 0.182. The van der Waals surface area contributed by atoms with Gasteiger partial charge in [0.05, 0.1) is 5.56 Å². The number of pyridine rings is 1. The Hall–Kier alpha value is -2.87. The molecule has 1 N–H and O–H groups in total. The van der Waals surface area contributed by atoms with Crippen molar-refractivity contribution in [3.05, 3.63) is 95.3 Å². The number of halogens is 4. The topological polar surface area (TPSA) is 42.0 Å². The van der Waals surface area contributed by atoms with Gasteiger partial charge < -0.3 is 5.32 Å². The van der Waals surface area contributed by atoms with Crippen LogP contribution in [0.15, 0.2) is 71.9 Å². The van der Waals surface area contributed by atoms with E-state index in [-0.39, 0.29) is 29.2 Å². The molecule has 0 aliphatic heterocycles. The van der Waals surface area contributed by atoms with Gasteiger partial charge in [0.2, 0.25) is 0 Å². The smallest absolute Gasteiger partial charge is 0.274 e. The van der Waals surface area contributed by atoms with Crippen molar-refractivity contribution in [3.8, 4) is 0 Å². The van der Waals surface area contributed by atoms with Gasteiger partial charge in [-0.25, -0.2) is 17.6 Å². The second-order valence-corrected chi connectivity index (χ2v) is 7.63. The number of hydrogen-bond donors (Lipinski definition) is 1. The fourth-order valence-electron chi connectivity index (χ4n) is 2.69. The Morgan fingerprint density at radius 3 is 2.27 bits per heavy atom. The SMILES string of the molecule is O=C(NCc1ccc(F)cc1)c1cnccc1SCCC(F)(F)c1ccc(F)cc1. The third kappa shape index (κ3) is 5.82. The number of aromatic nitrogens is 1. The number of rotatable bonds is 8. The molecule has 3 aromatic rings. The zero-order valence-corrected chi connectivity index (χ0v) is 16.6. The van der Waals surface area contributed by atoms with Gasteiger partial charge >= 0.3 is 0 Å². The number of nitrogens with one attached hydrogen (secondary N) is 1. The van der Waals surface area contributed by atoms with Crippen LogP contribution in [0.2, 0.25) is 0 Å². The Bertz CT molecular complexity index is 995. The molecule has 30 heavy (non-hydrogen) atoms. The average Bonchev–Trinajstić information content (AvgIpc) is 2.74. The van der Waals surface area contributed by atoms with E-state index >= 15 is 0 Å². The van der Waals surface area contributed by atoms with Crippen LogP contribution < -0.4 is 5.32 Å². The maximum atomic E-state index is 14.3. The zero-order valence-electron chi connectivity index (χ0n) is 15.7. The number of hydrogen-bond acceptors (Lipinski definition) is 3. The Kier molecular flexibility index (Phi) is 7.10. The van der Waals surface area contributed by atoms with Gasteiger partial charge in [0, 0.05) is 41.6 Å². The summed E-state index contributed by atoms with van der Waals surface area (Å²) < 4.78 is 54.6. The second-order valence-electron chi connectivity index (χ2n) is 6.49. The number of amides is 1. The molecule has 0 aliphatic rings. The van der Waals surface area contributed by atoms with E-state index < -0.39 is 24.1 Å². The number of alkyl halides is 2. The number of carbonyl (C=O) groups excluding carboxylic acids is 1. The molecule has 0 saturated carbocycles. The van der Waals surface area contributed by atoms with Gasteiger partial charge in [0.25, 0.3) is 11.8 Å². The Labute approximate surface area is 175 Å². The van der Waals surface area contributed by atoms with Gasteiger partial charge in [-0.15, -0.1) is 11.8 Å². The van der Waals surface area contributed by atoms with E-state index in [1.54, 1.807) is 18.2 Å². The molecule has 0 radical (unpaired) electrons. The van der Waals surface area contributed by atoms with E-state index in [9.17, 15) is 22.4 Å². The Morgan fingerprint density at radius 2 is 1.60 bits per heavy atom. The molecule has 1 heterocycles. The van der Waals surface area contributed by atoms with Crippen LogP contribution >= 0.6 is 11.8 Å². The van der Waals surface area contributed by atoms with Crippen LogP contribution in [0.4, 0.5) is 17.6 Å². The highest BCUT2D eigenvalue weighted by Gasteiger charge is 2.31. The van der Waals surface area contributed by atoms with Gasteiger partial charge in [-0.05, 0) is 35.9 Å². The van der Waals surface area contributed by atoms with Gasteiger partial charge in [0.15, 0.2) is 0 Å². The van der Waals surface area contributed by atoms with E-state index in [1.807, 2.05) is 0 Å². The van der Waals surface area contributed by atoms with Crippen molar-refractivity contribution >= 4 is 17.7 Å². The summed E-state index contributed by atoms with van der Waals surface area (Å²) >= 11 is 1.12. The van der Waals surface area contributed by atoms with Crippen molar-refractivity contribution in [2.75, 3.05) is 5.75 Å². The molecule has 0 saturated heterocycles. The minimum Gasteiger partial charge on any atom is -0.348 e. The molecule has 0 atom stereocenters. The summed E-state index contributed by atoms with van der Waals surface area (Å²) in [4.78, 5) is 17.0. The largest absolute Gasteiger partial charge is 0.348 e. The standard InChI is InChI=1S/C22H18F4N2OS/c23-17-5-1-15(2-6-17)13-28-21(29)19-14-27-11-9-20(19)30-12-10-22(25,26)16-3-7-18(24)8-4-16/h1-9,11,14H,10,12-13H2,(H,28,29). The monoisotopic (exact) mass is 434 g/mol. The molecule has 3 nitrogen and oxygen atoms in total. The lowest BCUT2D eigenvalue weighted by Gasteiger charge is -2.17. The van der Waals surface area contributed by atoms with Crippen molar-refractivity contribution in [1.82, 2.24) is 10.3 Å². The molecule has 2 aromatic carbocycles. The highest BCUT2D eigenvalue weighted by molar-refractivity contribution is 7.99. The maximum absolute atomic E-state index is 14.3. The minimum absolute atomic E-state index is 0.0482. The van der Waals surface area contributed by atoms with Crippen LogP contribution in [-0.2, 0) is 12.5 Å². The summed E-state index contributed by atoms with van der Waals surface area (Å²) in [6.45, 7) is 0.195. The molecule has 0 spiro atoms. The van der Waals surface area contributed by atoms with Crippen molar-refractivity contribution in [2.24, 2.45) is 0 Å². The molecule has 0 fully saturated rings. The van der Waals surface area contributed by atoms with Crippen LogP contribution in [0.25, 0.3) is 0 Å². The third-order valence-corrected chi connectivity index (χ3v) is 5.41. The molecular formula is C22H18F4N2OS. The summed E-state index contributed by atoms with van der Waals surface area (Å²) in [5.74, 6) is -4.41. The number of carbonyl (C=O) groups is 1. The maximum Gasteiger partial charge on any atom is 0.274 e. The molecule has 0 aliphatic carbocycles. The highest BCUT2D eigenvalue weighted by atomic mass is 32.2. The van der Waals surface area contributed by atoms with Crippen LogP contribution in [0.3, 0.4) is 0 Å². The average molecular weight is 434 g/mol. The Balaban J connectivity index is 1.59. The van der Waals surface area contributed by atoms with E-state index in [1.165, 1.54) is 24.5 Å². The minimum atomic E-state index is -3.11. The summed E-state index contributed by atoms with van der Waals surface area (Å²) in [6.07, 6.45) is 2.39. The molecule has 0 bridgehead atoms. The van der Waals surface area contributed by atoms with Gasteiger partial charge in [0.1, 0.15) is 11.6 Å². The van der Waals surface area contributed by atoms with Crippen LogP contribution in [0, 0.1) is 11.6 Å². The van der Waals surface area contributed by atoms with Crippen LogP contribution in [0.5, 0.6) is 0 Å². The predicted molar refractivity (Wildman–Crippen MR) is 107 cm³/mol. The first-order valence-electron chi connectivity index (χ1n) is 9.08. The van der Waals surface area contributed by atoms with E-state index in [0.717, 1.165) is 41.6 Å². The first-order chi connectivity index (χ1) is 14.3. The third-order valence-electron chi connectivity index (χ3n) is 4.33. The van der Waals surface area contributed by atoms with Gasteiger partial charge in [-0.2, -0.15) is 0 Å². The van der Waals surface area contributed by atoms with E-state index in [4.69, 9.17) is 0 Å². The zero-order chi connectivity index (χ0) is 21.6. The van der Waals surface area contributed by atoms with Crippen LogP contribution in [-0.4, -0.2) is 16.6 Å². The van der Waals surface area contributed by atoms with Crippen LogP contribution in [0.1, 0.15) is 27.9 Å². The first kappa shape index (κ1) is 21.8. The quantitative estimate of drug-likeness (QED) is 0.373. The molecule has 1 amide bonds. The lowest BCUT2D eigenvalue weighted by atomic mass is 10.1. The Morgan fingerprint density at radius 1 is 0.967 bits per heavy atom. The molecular weight excluding hydrogens is 416 g/mol. The van der Waals surface area contributed by atoms with Gasteiger partial charge in [-0.3, -0.25) is 9.78 Å². The van der Waals surface area contributed by atoms with Crippen molar-refractivity contribution in [2.45, 2.75) is 23.8 Å². The van der Waals surface area contributed by atoms with Crippen molar-refractivity contribution < 1.29 is 22.4 Å². The lowest BCUT2D eigenvalue weighted by Crippen LogP contribution is -2.23. The summed E-state index contributed by atoms with van der Waals surface area (Å²) in [7, 11) is 0. The summed E-state index contributed by atoms with van der Waals surface area (Å²) in [6, 6.07) is 11.5. The number of nitrogens with zero attached hydrogens (tertiary/aromatic N) is 1. The normalized spacial score (nSPS) is 11.3. The summed E-state index contributed by atoms with van der Waals surface area (Å²) in [5, 5.41) is 2.71. The molecule has 0 unspecified atom stereocenters. The van der Waals surface area contributed by atoms with Crippen molar-refractivity contribution in [3.63, 3.8) is 0 Å². The van der Waals surface area contributed by atoms with E-state index in [2.05, 4.69) is 10.3 Å². The number of thioether (sulfide) groups is 1. The first-order valence-corrected chi connectivity index (χ1v) is 10.1. The van der Waals surface area contributed by atoms with E-state index in [0.29, 0.717) is 4.90 Å². The molecule has 3 rings (SSSR count). The highest BCUT2D eigenvalue weighted by Crippen LogP contribution is 2.34. The second kappa shape index (κ2) is 9.75. The predicted octanol–water partition coefficient (Wildman–Crippen LogP) is 5.56. The van der Waals surface area contributed by atoms with Crippen molar-refractivity contribution in [1.29, 1.82) is 0 Å². The lowest BCUT2D eigenvalue weighted by molar-refractivity contribution is -0.00706. The fourth-order valence-corrected chi connectivity index (χ4v) is 3.72.